The number of rotatable bonds is 8. The number of aryl methyl sites for hydroxylation is 1. The fourth-order valence-electron chi connectivity index (χ4n) is 5.46. The molecule has 5 rings (SSSR count). The Hall–Kier alpha value is -2.69. The molecule has 1 fully saturated rings. The van der Waals surface area contributed by atoms with Crippen molar-refractivity contribution < 1.29 is 14.2 Å². The fraction of sp³-hybridized carbons (Fsp3) is 0.379. The molecule has 2 aliphatic rings. The van der Waals surface area contributed by atoms with Crippen LogP contribution in [0.2, 0.25) is 0 Å². The molecule has 3 aromatic carbocycles. The van der Waals surface area contributed by atoms with Crippen molar-refractivity contribution in [2.45, 2.75) is 31.3 Å². The highest BCUT2D eigenvalue weighted by molar-refractivity contribution is 5.47. The summed E-state index contributed by atoms with van der Waals surface area (Å²) in [6, 6.07) is 25.8. The van der Waals surface area contributed by atoms with Gasteiger partial charge in [0.1, 0.15) is 12.4 Å². The summed E-state index contributed by atoms with van der Waals surface area (Å²) in [7, 11) is 0. The van der Waals surface area contributed by atoms with Crippen molar-refractivity contribution in [1.29, 1.82) is 0 Å². The maximum Gasteiger partial charge on any atom is 0.119 e. The molecule has 1 aliphatic heterocycles. The topological polar surface area (TPSA) is 32.7 Å². The van der Waals surface area contributed by atoms with Crippen LogP contribution in [0.25, 0.3) is 0 Å². The van der Waals surface area contributed by atoms with Crippen LogP contribution in [0.1, 0.15) is 46.1 Å². The summed E-state index contributed by atoms with van der Waals surface area (Å²) < 4.78 is 18.6. The van der Waals surface area contributed by atoms with E-state index in [2.05, 4.69) is 77.7 Å². The molecule has 172 valence electrons. The lowest BCUT2D eigenvalue weighted by Gasteiger charge is -2.37. The third kappa shape index (κ3) is 4.83. The molecule has 33 heavy (non-hydrogen) atoms. The molecular weight excluding hydrogens is 413 g/mol. The minimum Gasteiger partial charge on any atom is -0.492 e. The van der Waals surface area contributed by atoms with E-state index < -0.39 is 0 Å². The third-order valence-electron chi connectivity index (χ3n) is 7.25. The second-order valence-corrected chi connectivity index (χ2v) is 9.42. The summed E-state index contributed by atoms with van der Waals surface area (Å²) in [4.78, 5) is 2.24. The second kappa shape index (κ2) is 10.1. The van der Waals surface area contributed by atoms with Gasteiger partial charge in [0, 0.05) is 31.5 Å². The number of aliphatic hydroxyl groups excluding tert-OH is 1. The van der Waals surface area contributed by atoms with E-state index in [0.29, 0.717) is 12.5 Å². The van der Waals surface area contributed by atoms with Crippen LogP contribution >= 0.6 is 0 Å². The molecule has 0 amide bonds. The second-order valence-electron chi connectivity index (χ2n) is 9.42. The van der Waals surface area contributed by atoms with Gasteiger partial charge in [0.15, 0.2) is 0 Å². The van der Waals surface area contributed by atoms with Gasteiger partial charge in [-0.25, -0.2) is 0 Å². The van der Waals surface area contributed by atoms with Crippen LogP contribution in [-0.4, -0.2) is 42.9 Å². The minimum absolute atomic E-state index is 0.0813. The molecule has 0 aromatic heterocycles. The standard InChI is InChI=1S/C29H32FNO2/c30-17-22-18-31(19-22)14-15-33-26-10-7-24(8-11-26)29-27(23-4-2-1-3-5-23)13-9-25-16-21(20-32)6-12-28(25)29/h1-8,10-12,16,22,27,29,32H,9,13-15,17-20H2/t27-,29+/m1/s1. The first-order chi connectivity index (χ1) is 16.2. The number of aliphatic hydroxyl groups is 1. The van der Waals surface area contributed by atoms with Crippen molar-refractivity contribution in [2.75, 3.05) is 32.9 Å². The van der Waals surface area contributed by atoms with Crippen LogP contribution in [0, 0.1) is 5.92 Å². The molecule has 2 atom stereocenters. The van der Waals surface area contributed by atoms with Crippen LogP contribution in [0.4, 0.5) is 4.39 Å². The SMILES string of the molecule is OCc1ccc2c(c1)CC[C@H](c1ccccc1)[C@@H]2c1ccc(OCCN2CC(CF)C2)cc1. The van der Waals surface area contributed by atoms with E-state index in [-0.39, 0.29) is 25.1 Å². The molecule has 4 heteroatoms. The molecular formula is C29H32FNO2. The molecule has 0 radical (unpaired) electrons. The zero-order chi connectivity index (χ0) is 22.6. The number of fused-ring (bicyclic) bond motifs is 1. The van der Waals surface area contributed by atoms with Crippen molar-refractivity contribution in [3.63, 3.8) is 0 Å². The molecule has 3 aromatic rings. The summed E-state index contributed by atoms with van der Waals surface area (Å²) in [5.41, 5.74) is 6.36. The molecule has 1 aliphatic carbocycles. The lowest BCUT2D eigenvalue weighted by molar-refractivity contribution is 0.0668. The first-order valence-corrected chi connectivity index (χ1v) is 12.0. The van der Waals surface area contributed by atoms with Crippen molar-refractivity contribution in [3.05, 3.63) is 101 Å². The van der Waals surface area contributed by atoms with Crippen molar-refractivity contribution in [3.8, 4) is 5.75 Å². The molecule has 3 nitrogen and oxygen atoms in total. The van der Waals surface area contributed by atoms with Gasteiger partial charge in [0.05, 0.1) is 13.3 Å². The predicted molar refractivity (Wildman–Crippen MR) is 130 cm³/mol. The first-order valence-electron chi connectivity index (χ1n) is 12.0. The number of benzene rings is 3. The van der Waals surface area contributed by atoms with E-state index in [1.54, 1.807) is 0 Å². The zero-order valence-corrected chi connectivity index (χ0v) is 19.0. The Morgan fingerprint density at radius 1 is 0.939 bits per heavy atom. The molecule has 1 heterocycles. The average Bonchev–Trinajstić information content (AvgIpc) is 2.85. The Balaban J connectivity index is 1.34. The Morgan fingerprint density at radius 2 is 1.73 bits per heavy atom. The third-order valence-corrected chi connectivity index (χ3v) is 7.25. The van der Waals surface area contributed by atoms with Crippen molar-refractivity contribution in [1.82, 2.24) is 4.90 Å². The van der Waals surface area contributed by atoms with Gasteiger partial charge in [-0.2, -0.15) is 0 Å². The molecule has 0 unspecified atom stereocenters. The Morgan fingerprint density at radius 3 is 2.45 bits per heavy atom. The van der Waals surface area contributed by atoms with Crippen LogP contribution < -0.4 is 4.74 Å². The van der Waals surface area contributed by atoms with E-state index in [1.165, 1.54) is 22.3 Å². The van der Waals surface area contributed by atoms with Gasteiger partial charge in [0.25, 0.3) is 0 Å². The van der Waals surface area contributed by atoms with Gasteiger partial charge in [-0.05, 0) is 58.7 Å². The lowest BCUT2D eigenvalue weighted by atomic mass is 9.69. The zero-order valence-electron chi connectivity index (χ0n) is 19.0. The van der Waals surface area contributed by atoms with Crippen LogP contribution in [0.15, 0.2) is 72.8 Å². The number of likely N-dealkylation sites (tertiary alicyclic amines) is 1. The minimum atomic E-state index is -0.214. The molecule has 0 bridgehead atoms. The van der Waals surface area contributed by atoms with E-state index in [4.69, 9.17) is 4.74 Å². The smallest absolute Gasteiger partial charge is 0.119 e. The molecule has 1 N–H and O–H groups in total. The predicted octanol–water partition coefficient (Wildman–Crippen LogP) is 5.32. The van der Waals surface area contributed by atoms with E-state index >= 15 is 0 Å². The number of hydrogen-bond donors (Lipinski definition) is 1. The van der Waals surface area contributed by atoms with Gasteiger partial charge in [0.2, 0.25) is 0 Å². The van der Waals surface area contributed by atoms with Gasteiger partial charge < -0.3 is 9.84 Å². The van der Waals surface area contributed by atoms with E-state index in [9.17, 15) is 9.50 Å². The van der Waals surface area contributed by atoms with Gasteiger partial charge in [-0.1, -0.05) is 60.7 Å². The number of alkyl halides is 1. The number of nitrogens with zero attached hydrogens (tertiary/aromatic N) is 1. The highest BCUT2D eigenvalue weighted by Gasteiger charge is 2.32. The highest BCUT2D eigenvalue weighted by atomic mass is 19.1. The Labute approximate surface area is 195 Å². The summed E-state index contributed by atoms with van der Waals surface area (Å²) in [5.74, 6) is 1.79. The van der Waals surface area contributed by atoms with Crippen molar-refractivity contribution in [2.24, 2.45) is 5.92 Å². The Kier molecular flexibility index (Phi) is 6.75. The van der Waals surface area contributed by atoms with Crippen LogP contribution in [0.5, 0.6) is 5.75 Å². The first kappa shape index (κ1) is 22.1. The molecule has 0 saturated carbocycles. The summed E-state index contributed by atoms with van der Waals surface area (Å²) in [6.07, 6.45) is 2.12. The number of halogens is 1. The average molecular weight is 446 g/mol. The maximum atomic E-state index is 12.6. The quantitative estimate of drug-likeness (QED) is 0.509. The van der Waals surface area contributed by atoms with E-state index in [0.717, 1.165) is 43.8 Å². The summed E-state index contributed by atoms with van der Waals surface area (Å²) in [6.45, 7) is 3.03. The van der Waals surface area contributed by atoms with Crippen LogP contribution in [0.3, 0.4) is 0 Å². The normalized spacial score (nSPS) is 20.8. The summed E-state index contributed by atoms with van der Waals surface area (Å²) >= 11 is 0. The number of ether oxygens (including phenoxy) is 1. The van der Waals surface area contributed by atoms with Gasteiger partial charge in [-0.3, -0.25) is 9.29 Å². The molecule has 1 saturated heterocycles. The van der Waals surface area contributed by atoms with Crippen molar-refractivity contribution >= 4 is 0 Å². The number of hydrogen-bond acceptors (Lipinski definition) is 3. The maximum absolute atomic E-state index is 12.6. The monoisotopic (exact) mass is 445 g/mol. The molecule has 0 spiro atoms. The van der Waals surface area contributed by atoms with Gasteiger partial charge >= 0.3 is 0 Å². The highest BCUT2D eigenvalue weighted by Crippen LogP contribution is 2.46. The van der Waals surface area contributed by atoms with Crippen LogP contribution in [-0.2, 0) is 13.0 Å². The largest absolute Gasteiger partial charge is 0.492 e. The van der Waals surface area contributed by atoms with E-state index in [1.807, 2.05) is 0 Å². The van der Waals surface area contributed by atoms with Gasteiger partial charge in [-0.15, -0.1) is 0 Å². The summed E-state index contributed by atoms with van der Waals surface area (Å²) in [5, 5.41) is 9.60. The lowest BCUT2D eigenvalue weighted by Crippen LogP contribution is -2.49. The fourth-order valence-corrected chi connectivity index (χ4v) is 5.46. The Bertz CT molecular complexity index is 1050.